The molecular weight excluding hydrogens is 184 g/mol. The number of ether oxygens (including phenoxy) is 1. The van der Waals surface area contributed by atoms with Gasteiger partial charge in [-0.05, 0) is 19.3 Å². The van der Waals surface area contributed by atoms with Crippen molar-refractivity contribution in [3.8, 4) is 0 Å². The van der Waals surface area contributed by atoms with E-state index >= 15 is 0 Å². The molecule has 0 aliphatic carbocycles. The molecule has 0 aromatic rings. The van der Waals surface area contributed by atoms with Crippen LogP contribution in [0.5, 0.6) is 0 Å². The van der Waals surface area contributed by atoms with E-state index in [-0.39, 0.29) is 12.0 Å². The smallest absolute Gasteiger partial charge is 0.323 e. The largest absolute Gasteiger partial charge is 0.480 e. The number of rotatable bonds is 3. The highest BCUT2D eigenvalue weighted by Crippen LogP contribution is 2.39. The van der Waals surface area contributed by atoms with Crippen LogP contribution >= 0.6 is 0 Å². The zero-order chi connectivity index (χ0) is 10.9. The van der Waals surface area contributed by atoms with Crippen molar-refractivity contribution in [1.82, 2.24) is 0 Å². The molecule has 80 valence electrons. The Balaban J connectivity index is 2.93. The van der Waals surface area contributed by atoms with Crippen molar-refractivity contribution in [2.24, 2.45) is 11.3 Å². The molecule has 0 spiro atoms. The maximum atomic E-state index is 11.5. The quantitative estimate of drug-likeness (QED) is 0.553. The van der Waals surface area contributed by atoms with E-state index < -0.39 is 17.4 Å². The average Bonchev–Trinajstić information content (AvgIpc) is 2.26. The number of carbonyl (C=O) groups excluding carboxylic acids is 1. The lowest BCUT2D eigenvalue weighted by molar-refractivity contribution is -0.162. The molecule has 0 amide bonds. The Morgan fingerprint density at radius 2 is 2.29 bits per heavy atom. The first kappa shape index (κ1) is 11.0. The molecule has 1 heterocycles. The van der Waals surface area contributed by atoms with Gasteiger partial charge >= 0.3 is 11.9 Å². The van der Waals surface area contributed by atoms with Crippen LogP contribution in [0.3, 0.4) is 0 Å². The van der Waals surface area contributed by atoms with Crippen LogP contribution in [0.1, 0.15) is 33.6 Å². The summed E-state index contributed by atoms with van der Waals surface area (Å²) in [5, 5.41) is 9.10. The highest BCUT2D eigenvalue weighted by Gasteiger charge is 2.54. The summed E-state index contributed by atoms with van der Waals surface area (Å²) >= 11 is 0. The third-order valence-corrected chi connectivity index (χ3v) is 2.50. The first-order valence-electron chi connectivity index (χ1n) is 4.83. The third kappa shape index (κ3) is 1.74. The van der Waals surface area contributed by atoms with E-state index in [4.69, 9.17) is 9.84 Å². The number of esters is 1. The molecule has 0 bridgehead atoms. The van der Waals surface area contributed by atoms with Crippen LogP contribution < -0.4 is 0 Å². The molecule has 0 aromatic heterocycles. The average molecular weight is 200 g/mol. The summed E-state index contributed by atoms with van der Waals surface area (Å²) in [6.07, 6.45) is 0.363. The van der Waals surface area contributed by atoms with E-state index in [0.29, 0.717) is 12.8 Å². The lowest BCUT2D eigenvalue weighted by Gasteiger charge is -2.21. The number of hydrogen-bond acceptors (Lipinski definition) is 3. The molecule has 0 saturated carbocycles. The third-order valence-electron chi connectivity index (χ3n) is 2.50. The molecule has 1 aliphatic heterocycles. The molecule has 1 saturated heterocycles. The van der Waals surface area contributed by atoms with Crippen LogP contribution in [0.4, 0.5) is 0 Å². The molecule has 1 rings (SSSR count). The number of cyclic esters (lactones) is 1. The fourth-order valence-electron chi connectivity index (χ4n) is 2.04. The second-order valence-corrected chi connectivity index (χ2v) is 4.41. The fraction of sp³-hybridized carbons (Fsp3) is 0.800. The standard InChI is InChI=1S/C10H16O4/c1-6(2)4-10(8(11)12)5-7(3)14-9(10)13/h6-7H,4-5H2,1-3H3,(H,11,12). The minimum absolute atomic E-state index is 0.170. The molecule has 1 aliphatic rings. The van der Waals surface area contributed by atoms with Crippen LogP contribution in [-0.2, 0) is 14.3 Å². The van der Waals surface area contributed by atoms with Crippen molar-refractivity contribution in [1.29, 1.82) is 0 Å². The summed E-state index contributed by atoms with van der Waals surface area (Å²) in [6.45, 7) is 5.53. The lowest BCUT2D eigenvalue weighted by atomic mass is 9.78. The Morgan fingerprint density at radius 3 is 2.57 bits per heavy atom. The van der Waals surface area contributed by atoms with Gasteiger partial charge in [-0.2, -0.15) is 0 Å². The number of carboxylic acid groups (broad SMARTS) is 1. The van der Waals surface area contributed by atoms with E-state index in [1.165, 1.54) is 0 Å². The van der Waals surface area contributed by atoms with Crippen molar-refractivity contribution < 1.29 is 19.4 Å². The second-order valence-electron chi connectivity index (χ2n) is 4.41. The van der Waals surface area contributed by atoms with Gasteiger partial charge in [0.25, 0.3) is 0 Å². The van der Waals surface area contributed by atoms with Gasteiger partial charge in [0, 0.05) is 6.42 Å². The highest BCUT2D eigenvalue weighted by molar-refractivity contribution is 6.00. The summed E-state index contributed by atoms with van der Waals surface area (Å²) in [5.41, 5.74) is -1.30. The second kappa shape index (κ2) is 3.59. The molecule has 0 aromatic carbocycles. The summed E-state index contributed by atoms with van der Waals surface area (Å²) in [4.78, 5) is 22.6. The zero-order valence-corrected chi connectivity index (χ0v) is 8.74. The normalized spacial score (nSPS) is 32.0. The van der Waals surface area contributed by atoms with Crippen molar-refractivity contribution in [3.05, 3.63) is 0 Å². The van der Waals surface area contributed by atoms with Gasteiger partial charge in [0.1, 0.15) is 6.10 Å². The first-order valence-corrected chi connectivity index (χ1v) is 4.83. The Kier molecular flexibility index (Phi) is 2.83. The van der Waals surface area contributed by atoms with E-state index in [2.05, 4.69) is 0 Å². The van der Waals surface area contributed by atoms with Crippen molar-refractivity contribution in [2.75, 3.05) is 0 Å². The summed E-state index contributed by atoms with van der Waals surface area (Å²) < 4.78 is 4.92. The minimum atomic E-state index is -1.30. The highest BCUT2D eigenvalue weighted by atomic mass is 16.6. The van der Waals surface area contributed by atoms with Crippen LogP contribution in [0, 0.1) is 11.3 Å². The Bertz CT molecular complexity index is 259. The first-order chi connectivity index (χ1) is 6.38. The van der Waals surface area contributed by atoms with E-state index in [1.807, 2.05) is 13.8 Å². The summed E-state index contributed by atoms with van der Waals surface area (Å²) in [5.74, 6) is -1.46. The molecule has 4 nitrogen and oxygen atoms in total. The predicted molar refractivity (Wildman–Crippen MR) is 49.7 cm³/mol. The fourth-order valence-corrected chi connectivity index (χ4v) is 2.04. The van der Waals surface area contributed by atoms with E-state index in [1.54, 1.807) is 6.92 Å². The number of aliphatic carboxylic acids is 1. The van der Waals surface area contributed by atoms with Gasteiger partial charge in [-0.15, -0.1) is 0 Å². The molecule has 0 radical (unpaired) electrons. The van der Waals surface area contributed by atoms with Gasteiger partial charge in [-0.25, -0.2) is 0 Å². The van der Waals surface area contributed by atoms with E-state index in [9.17, 15) is 9.59 Å². The molecule has 4 heteroatoms. The topological polar surface area (TPSA) is 63.6 Å². The molecule has 14 heavy (non-hydrogen) atoms. The van der Waals surface area contributed by atoms with E-state index in [0.717, 1.165) is 0 Å². The SMILES string of the molecule is CC(C)CC1(C(=O)O)CC(C)OC1=O. The molecule has 1 fully saturated rings. The van der Waals surface area contributed by atoms with Gasteiger partial charge in [-0.3, -0.25) is 9.59 Å². The van der Waals surface area contributed by atoms with Gasteiger partial charge in [0.05, 0.1) is 0 Å². The maximum Gasteiger partial charge on any atom is 0.323 e. The van der Waals surface area contributed by atoms with Crippen molar-refractivity contribution in [3.63, 3.8) is 0 Å². The minimum Gasteiger partial charge on any atom is -0.480 e. The van der Waals surface area contributed by atoms with Gasteiger partial charge in [-0.1, -0.05) is 13.8 Å². The van der Waals surface area contributed by atoms with Crippen molar-refractivity contribution >= 4 is 11.9 Å². The maximum absolute atomic E-state index is 11.5. The summed E-state index contributed by atoms with van der Waals surface area (Å²) in [6, 6.07) is 0. The van der Waals surface area contributed by atoms with Crippen LogP contribution in [0.15, 0.2) is 0 Å². The Hall–Kier alpha value is -1.06. The Morgan fingerprint density at radius 1 is 1.71 bits per heavy atom. The van der Waals surface area contributed by atoms with Gasteiger partial charge in [0.15, 0.2) is 5.41 Å². The van der Waals surface area contributed by atoms with Gasteiger partial charge < -0.3 is 9.84 Å². The number of carbonyl (C=O) groups is 2. The van der Waals surface area contributed by atoms with Crippen LogP contribution in [0.2, 0.25) is 0 Å². The van der Waals surface area contributed by atoms with Crippen LogP contribution in [0.25, 0.3) is 0 Å². The van der Waals surface area contributed by atoms with Crippen molar-refractivity contribution in [2.45, 2.75) is 39.7 Å². The predicted octanol–water partition coefficient (Wildman–Crippen LogP) is 1.44. The molecule has 2 atom stereocenters. The monoisotopic (exact) mass is 200 g/mol. The number of hydrogen-bond donors (Lipinski definition) is 1. The Labute approximate surface area is 83.2 Å². The molecule has 2 unspecified atom stereocenters. The number of carboxylic acids is 1. The van der Waals surface area contributed by atoms with Crippen LogP contribution in [-0.4, -0.2) is 23.1 Å². The summed E-state index contributed by atoms with van der Waals surface area (Å²) in [7, 11) is 0. The molecular formula is C10H16O4. The lowest BCUT2D eigenvalue weighted by Crippen LogP contribution is -2.37. The molecule has 1 N–H and O–H groups in total. The zero-order valence-electron chi connectivity index (χ0n) is 8.74. The van der Waals surface area contributed by atoms with Gasteiger partial charge in [0.2, 0.25) is 0 Å².